The van der Waals surface area contributed by atoms with Crippen molar-refractivity contribution in [1.82, 2.24) is 14.9 Å². The lowest BCUT2D eigenvalue weighted by Gasteiger charge is -2.14. The Morgan fingerprint density at radius 2 is 2.26 bits per heavy atom. The van der Waals surface area contributed by atoms with Gasteiger partial charge in [-0.1, -0.05) is 0 Å². The first-order valence-corrected chi connectivity index (χ1v) is 6.67. The average Bonchev–Trinajstić information content (AvgIpc) is 2.96. The van der Waals surface area contributed by atoms with Crippen molar-refractivity contribution < 1.29 is 9.53 Å². The van der Waals surface area contributed by atoms with Gasteiger partial charge < -0.3 is 15.0 Å². The molecule has 0 amide bonds. The van der Waals surface area contributed by atoms with Crippen molar-refractivity contribution in [1.29, 1.82) is 0 Å². The highest BCUT2D eigenvalue weighted by atomic mass is 16.5. The fraction of sp³-hybridized carbons (Fsp3) is 0.615. The Kier molecular flexibility index (Phi) is 5.09. The molecular weight excluding hydrogens is 244 g/mol. The quantitative estimate of drug-likeness (QED) is 0.614. The zero-order valence-corrected chi connectivity index (χ0v) is 11.3. The zero-order chi connectivity index (χ0) is 13.5. The van der Waals surface area contributed by atoms with E-state index in [2.05, 4.69) is 24.9 Å². The van der Waals surface area contributed by atoms with E-state index in [-0.39, 0.29) is 5.82 Å². The number of esters is 1. The van der Waals surface area contributed by atoms with Gasteiger partial charge in [-0.25, -0.2) is 14.8 Å². The van der Waals surface area contributed by atoms with Gasteiger partial charge in [-0.05, 0) is 45.0 Å². The Balaban J connectivity index is 1.74. The van der Waals surface area contributed by atoms with Crippen molar-refractivity contribution in [2.45, 2.75) is 19.3 Å². The Hall–Kier alpha value is -1.69. The first-order chi connectivity index (χ1) is 9.29. The molecule has 0 atom stereocenters. The summed E-state index contributed by atoms with van der Waals surface area (Å²) in [6.45, 7) is 4.40. The molecule has 1 aromatic heterocycles. The molecule has 0 aromatic carbocycles. The van der Waals surface area contributed by atoms with Crippen LogP contribution < -0.4 is 5.32 Å². The van der Waals surface area contributed by atoms with Crippen LogP contribution in [0.2, 0.25) is 0 Å². The van der Waals surface area contributed by atoms with Gasteiger partial charge in [-0.15, -0.1) is 0 Å². The summed E-state index contributed by atoms with van der Waals surface area (Å²) in [6.07, 6.45) is 5.27. The molecule has 104 valence electrons. The lowest BCUT2D eigenvalue weighted by atomic mass is 10.4. The second-order valence-corrected chi connectivity index (χ2v) is 4.59. The van der Waals surface area contributed by atoms with Gasteiger partial charge in [-0.3, -0.25) is 0 Å². The maximum absolute atomic E-state index is 11.3. The average molecular weight is 264 g/mol. The van der Waals surface area contributed by atoms with Crippen molar-refractivity contribution in [3.8, 4) is 0 Å². The van der Waals surface area contributed by atoms with E-state index < -0.39 is 5.97 Å². The molecule has 2 heterocycles. The highest BCUT2D eigenvalue weighted by Crippen LogP contribution is 2.08. The molecule has 1 saturated heterocycles. The van der Waals surface area contributed by atoms with E-state index in [4.69, 9.17) is 0 Å². The number of likely N-dealkylation sites (tertiary alicyclic amines) is 1. The lowest BCUT2D eigenvalue weighted by Crippen LogP contribution is -2.22. The highest BCUT2D eigenvalue weighted by Gasteiger charge is 2.11. The third-order valence-electron chi connectivity index (χ3n) is 3.18. The van der Waals surface area contributed by atoms with Crippen LogP contribution in [0.4, 0.5) is 5.82 Å². The van der Waals surface area contributed by atoms with Crippen molar-refractivity contribution in [3.63, 3.8) is 0 Å². The van der Waals surface area contributed by atoms with Crippen molar-refractivity contribution in [2.75, 3.05) is 38.6 Å². The minimum Gasteiger partial charge on any atom is -0.463 e. The topological polar surface area (TPSA) is 67.3 Å². The molecular formula is C13H20N4O2. The molecule has 1 aromatic rings. The van der Waals surface area contributed by atoms with E-state index in [0.29, 0.717) is 5.82 Å². The molecule has 0 radical (unpaired) electrons. The van der Waals surface area contributed by atoms with Crippen LogP contribution in [0.5, 0.6) is 0 Å². The maximum Gasteiger partial charge on any atom is 0.376 e. The van der Waals surface area contributed by atoms with E-state index in [1.165, 1.54) is 33.0 Å². The molecule has 0 spiro atoms. The number of anilines is 1. The minimum atomic E-state index is -0.513. The number of methoxy groups -OCH3 is 1. The summed E-state index contributed by atoms with van der Waals surface area (Å²) < 4.78 is 4.59. The number of hydrogen-bond acceptors (Lipinski definition) is 6. The lowest BCUT2D eigenvalue weighted by molar-refractivity contribution is 0.0587. The molecule has 6 heteroatoms. The molecule has 0 bridgehead atoms. The van der Waals surface area contributed by atoms with Crippen LogP contribution in [0.25, 0.3) is 0 Å². The Bertz CT molecular complexity index is 419. The molecule has 1 N–H and O–H groups in total. The number of rotatable bonds is 6. The fourth-order valence-corrected chi connectivity index (χ4v) is 2.17. The number of carbonyl (C=O) groups is 1. The summed E-state index contributed by atoms with van der Waals surface area (Å²) in [6, 6.07) is 1.75. The molecule has 1 aliphatic heterocycles. The third-order valence-corrected chi connectivity index (χ3v) is 3.18. The third kappa shape index (κ3) is 4.17. The van der Waals surface area contributed by atoms with Gasteiger partial charge in [0, 0.05) is 12.7 Å². The van der Waals surface area contributed by atoms with Crippen LogP contribution in [0.15, 0.2) is 12.3 Å². The molecule has 0 aliphatic carbocycles. The standard InChI is InChI=1S/C13H20N4O2/c1-19-13(18)12-15-7-5-11(16-12)14-6-4-10-17-8-2-3-9-17/h5,7H,2-4,6,8-10H2,1H3,(H,14,15,16). The molecule has 1 fully saturated rings. The number of ether oxygens (including phenoxy) is 1. The SMILES string of the molecule is COC(=O)c1nccc(NCCCN2CCCC2)n1. The first-order valence-electron chi connectivity index (χ1n) is 6.67. The van der Waals surface area contributed by atoms with Gasteiger partial charge in [-0.2, -0.15) is 0 Å². The minimum absolute atomic E-state index is 0.0899. The van der Waals surface area contributed by atoms with Crippen molar-refractivity contribution >= 4 is 11.8 Å². The van der Waals surface area contributed by atoms with Gasteiger partial charge >= 0.3 is 5.97 Å². The van der Waals surface area contributed by atoms with E-state index >= 15 is 0 Å². The van der Waals surface area contributed by atoms with Crippen LogP contribution in [-0.2, 0) is 4.74 Å². The molecule has 6 nitrogen and oxygen atoms in total. The molecule has 0 saturated carbocycles. The fourth-order valence-electron chi connectivity index (χ4n) is 2.17. The summed E-state index contributed by atoms with van der Waals surface area (Å²) in [5, 5.41) is 3.20. The molecule has 1 aliphatic rings. The highest BCUT2D eigenvalue weighted by molar-refractivity contribution is 5.85. The van der Waals surface area contributed by atoms with Crippen molar-refractivity contribution in [2.24, 2.45) is 0 Å². The molecule has 19 heavy (non-hydrogen) atoms. The zero-order valence-electron chi connectivity index (χ0n) is 11.3. The Labute approximate surface area is 113 Å². The largest absolute Gasteiger partial charge is 0.463 e. The number of aromatic nitrogens is 2. The summed E-state index contributed by atoms with van der Waals surface area (Å²) in [4.78, 5) is 21.7. The number of nitrogens with one attached hydrogen (secondary N) is 1. The van der Waals surface area contributed by atoms with Gasteiger partial charge in [0.05, 0.1) is 7.11 Å². The van der Waals surface area contributed by atoms with Crippen LogP contribution in [-0.4, -0.2) is 54.1 Å². The van der Waals surface area contributed by atoms with E-state index in [1.807, 2.05) is 0 Å². The van der Waals surface area contributed by atoms with E-state index in [9.17, 15) is 4.79 Å². The van der Waals surface area contributed by atoms with Crippen LogP contribution in [0, 0.1) is 0 Å². The number of hydrogen-bond donors (Lipinski definition) is 1. The summed E-state index contributed by atoms with van der Waals surface area (Å²) in [5.74, 6) is 0.240. The Morgan fingerprint density at radius 1 is 1.47 bits per heavy atom. The van der Waals surface area contributed by atoms with E-state index in [0.717, 1.165) is 19.5 Å². The summed E-state index contributed by atoms with van der Waals surface area (Å²) in [7, 11) is 1.32. The monoisotopic (exact) mass is 264 g/mol. The first kappa shape index (κ1) is 13.7. The molecule has 0 unspecified atom stereocenters. The molecule has 2 rings (SSSR count). The van der Waals surface area contributed by atoms with Crippen LogP contribution in [0.1, 0.15) is 29.9 Å². The predicted molar refractivity (Wildman–Crippen MR) is 72.2 cm³/mol. The van der Waals surface area contributed by atoms with Crippen molar-refractivity contribution in [3.05, 3.63) is 18.1 Å². The van der Waals surface area contributed by atoms with Crippen LogP contribution in [0.3, 0.4) is 0 Å². The van der Waals surface area contributed by atoms with Gasteiger partial charge in [0.25, 0.3) is 0 Å². The Morgan fingerprint density at radius 3 is 3.00 bits per heavy atom. The summed E-state index contributed by atoms with van der Waals surface area (Å²) >= 11 is 0. The normalized spacial score (nSPS) is 15.4. The number of carbonyl (C=O) groups excluding carboxylic acids is 1. The van der Waals surface area contributed by atoms with Gasteiger partial charge in [0.2, 0.25) is 5.82 Å². The number of nitrogens with zero attached hydrogens (tertiary/aromatic N) is 3. The smallest absolute Gasteiger partial charge is 0.376 e. The predicted octanol–water partition coefficient (Wildman–Crippen LogP) is 1.16. The second kappa shape index (κ2) is 7.04. The van der Waals surface area contributed by atoms with E-state index in [1.54, 1.807) is 12.3 Å². The maximum atomic E-state index is 11.3. The van der Waals surface area contributed by atoms with Gasteiger partial charge in [0.15, 0.2) is 0 Å². The van der Waals surface area contributed by atoms with Gasteiger partial charge in [0.1, 0.15) is 5.82 Å². The second-order valence-electron chi connectivity index (χ2n) is 4.59. The summed E-state index contributed by atoms with van der Waals surface area (Å²) in [5.41, 5.74) is 0. The van der Waals surface area contributed by atoms with Crippen LogP contribution >= 0.6 is 0 Å².